The zero-order chi connectivity index (χ0) is 17.5. The zero-order valence-electron chi connectivity index (χ0n) is 17.5. The molecule has 0 saturated heterocycles. The van der Waals surface area contributed by atoms with Gasteiger partial charge in [-0.15, -0.1) is 0 Å². The maximum atomic E-state index is 2.23. The van der Waals surface area contributed by atoms with Gasteiger partial charge in [-0.3, -0.25) is 0 Å². The monoisotopic (exact) mass is 457 g/mol. The Balaban J connectivity index is -0.000000147. The fraction of sp³-hybridized carbons (Fsp3) is 0.545. The van der Waals surface area contributed by atoms with E-state index in [-0.39, 0.29) is 35.6 Å². The summed E-state index contributed by atoms with van der Waals surface area (Å²) in [4.78, 5) is 0. The van der Waals surface area contributed by atoms with Gasteiger partial charge in [0.1, 0.15) is 0 Å². The van der Waals surface area contributed by atoms with Crippen molar-refractivity contribution in [1.82, 2.24) is 0 Å². The summed E-state index contributed by atoms with van der Waals surface area (Å²) in [6, 6.07) is 13.1. The second-order valence-corrected chi connectivity index (χ2v) is 7.41. The summed E-state index contributed by atoms with van der Waals surface area (Å²) in [5.41, 5.74) is 5.96. The molecule has 0 aliphatic rings. The Kier molecular flexibility index (Phi) is 29.0. The number of halogens is 2. The van der Waals surface area contributed by atoms with E-state index in [4.69, 9.17) is 0 Å². The first-order chi connectivity index (χ1) is 11.1. The van der Waals surface area contributed by atoms with Crippen LogP contribution in [0.15, 0.2) is 36.4 Å². The van der Waals surface area contributed by atoms with Crippen molar-refractivity contribution in [2.75, 3.05) is 0 Å². The number of hydrogen-bond acceptors (Lipinski definition) is 0. The molecule has 147 valence electrons. The van der Waals surface area contributed by atoms with E-state index in [1.54, 1.807) is 0 Å². The van der Waals surface area contributed by atoms with Gasteiger partial charge in [-0.2, -0.15) is 34.4 Å². The van der Waals surface area contributed by atoms with Gasteiger partial charge in [0.2, 0.25) is 0 Å². The third-order valence-corrected chi connectivity index (χ3v) is 3.90. The van der Waals surface area contributed by atoms with Gasteiger partial charge in [0, 0.05) is 9.52 Å². The molecule has 0 amide bonds. The van der Waals surface area contributed by atoms with Crippen LogP contribution in [-0.2, 0) is 39.0 Å². The molecule has 26 heavy (non-hydrogen) atoms. The Bertz CT molecular complexity index is 448. The van der Waals surface area contributed by atoms with Crippen molar-refractivity contribution in [2.24, 2.45) is 0 Å². The SMILES string of the molecule is CCCC[c-]1cccc1C.CCCC[c-]1cccc1C.C[SiH]C.[F-].[F-].[Zr+4]. The number of unbranched alkanes of at least 4 members (excludes halogenated alkanes) is 2. The molecular weight excluding hydrogens is 422 g/mol. The van der Waals surface area contributed by atoms with Crippen LogP contribution < -0.4 is 9.41 Å². The van der Waals surface area contributed by atoms with E-state index in [0.717, 1.165) is 9.52 Å². The minimum atomic E-state index is 0. The molecule has 0 heterocycles. The molecule has 0 nitrogen and oxygen atoms in total. The summed E-state index contributed by atoms with van der Waals surface area (Å²) in [5, 5.41) is 0. The molecule has 0 aromatic heterocycles. The predicted octanol–water partition coefficient (Wildman–Crippen LogP) is 0.638. The van der Waals surface area contributed by atoms with Gasteiger partial charge < -0.3 is 9.41 Å². The van der Waals surface area contributed by atoms with Gasteiger partial charge >= 0.3 is 26.2 Å². The minimum absolute atomic E-state index is 0. The van der Waals surface area contributed by atoms with Crippen molar-refractivity contribution < 1.29 is 35.6 Å². The van der Waals surface area contributed by atoms with E-state index < -0.39 is 0 Å². The van der Waals surface area contributed by atoms with Crippen molar-refractivity contribution in [3.63, 3.8) is 0 Å². The van der Waals surface area contributed by atoms with Crippen molar-refractivity contribution in [2.45, 2.75) is 79.3 Å². The normalized spacial score (nSPS) is 8.54. The molecule has 0 bridgehead atoms. The maximum Gasteiger partial charge on any atom is 4.00 e. The van der Waals surface area contributed by atoms with Gasteiger partial charge in [-0.05, 0) is 0 Å². The molecule has 2 rings (SSSR count). The molecule has 0 fully saturated rings. The summed E-state index contributed by atoms with van der Waals surface area (Å²) >= 11 is 0. The van der Waals surface area contributed by atoms with Gasteiger partial charge in [0.25, 0.3) is 0 Å². The number of aryl methyl sites for hydroxylation is 4. The van der Waals surface area contributed by atoms with Crippen LogP contribution in [0.5, 0.6) is 0 Å². The first-order valence-corrected chi connectivity index (χ1v) is 11.6. The third-order valence-electron chi connectivity index (χ3n) is 3.90. The van der Waals surface area contributed by atoms with Crippen molar-refractivity contribution in [1.29, 1.82) is 0 Å². The Morgan fingerprint density at radius 1 is 0.769 bits per heavy atom. The van der Waals surface area contributed by atoms with E-state index in [9.17, 15) is 0 Å². The Morgan fingerprint density at radius 2 is 1.08 bits per heavy atom. The predicted molar refractivity (Wildman–Crippen MR) is 110 cm³/mol. The quantitative estimate of drug-likeness (QED) is 0.440. The summed E-state index contributed by atoms with van der Waals surface area (Å²) in [7, 11) is 0.750. The molecule has 4 heteroatoms. The topological polar surface area (TPSA) is 0 Å². The van der Waals surface area contributed by atoms with Gasteiger partial charge in [-0.25, -0.2) is 24.3 Å². The van der Waals surface area contributed by atoms with Crippen LogP contribution in [0.4, 0.5) is 0 Å². The Labute approximate surface area is 182 Å². The standard InChI is InChI=1S/2C10H15.C2H7Si.2FH.Zr/c2*1-3-4-7-10-8-5-6-9(10)2;1-3-2;;;/h2*5-6,8H,3-4,7H2,1-2H3;3H,1-2H3;2*1H;/q2*-1;;;;+4/p-2. The maximum absolute atomic E-state index is 2.23. The smallest absolute Gasteiger partial charge is 1.00 e. The van der Waals surface area contributed by atoms with Crippen molar-refractivity contribution >= 4 is 9.52 Å². The largest absolute Gasteiger partial charge is 4.00 e. The number of hydrogen-bond donors (Lipinski definition) is 0. The van der Waals surface area contributed by atoms with Crippen LogP contribution in [0.2, 0.25) is 13.1 Å². The van der Waals surface area contributed by atoms with Crippen molar-refractivity contribution in [3.05, 3.63) is 58.7 Å². The molecule has 2 aromatic carbocycles. The first kappa shape index (κ1) is 33.3. The minimum Gasteiger partial charge on any atom is -1.00 e. The summed E-state index contributed by atoms with van der Waals surface area (Å²) in [5.74, 6) is 0. The van der Waals surface area contributed by atoms with Crippen LogP contribution in [0.3, 0.4) is 0 Å². The fourth-order valence-electron chi connectivity index (χ4n) is 2.39. The van der Waals surface area contributed by atoms with Gasteiger partial charge in [0.15, 0.2) is 0 Å². The molecule has 0 N–H and O–H groups in total. The molecule has 0 spiro atoms. The molecule has 0 aliphatic carbocycles. The van der Waals surface area contributed by atoms with Crippen LogP contribution >= 0.6 is 0 Å². The van der Waals surface area contributed by atoms with E-state index in [1.165, 1.54) is 60.8 Å². The van der Waals surface area contributed by atoms with Crippen molar-refractivity contribution in [3.8, 4) is 0 Å². The molecule has 0 aliphatic heterocycles. The van der Waals surface area contributed by atoms with E-state index >= 15 is 0 Å². The van der Waals surface area contributed by atoms with Crippen LogP contribution in [0.25, 0.3) is 0 Å². The van der Waals surface area contributed by atoms with Crippen LogP contribution in [0, 0.1) is 13.8 Å². The molecule has 2 aromatic rings. The zero-order valence-corrected chi connectivity index (χ0v) is 21.2. The molecule has 0 unspecified atom stereocenters. The summed E-state index contributed by atoms with van der Waals surface area (Å²) in [6.07, 6.45) is 7.76. The fourth-order valence-corrected chi connectivity index (χ4v) is 2.39. The molecule has 1 radical (unpaired) electrons. The summed E-state index contributed by atoms with van der Waals surface area (Å²) < 4.78 is 0. The second kappa shape index (κ2) is 22.7. The third kappa shape index (κ3) is 15.9. The first-order valence-electron chi connectivity index (χ1n) is 9.26. The molecular formula is C22H37F2SiZr. The molecule has 0 saturated carbocycles. The van der Waals surface area contributed by atoms with Crippen LogP contribution in [0.1, 0.15) is 61.8 Å². The molecule has 0 atom stereocenters. The number of rotatable bonds is 6. The van der Waals surface area contributed by atoms with Crippen LogP contribution in [-0.4, -0.2) is 9.52 Å². The second-order valence-electron chi connectivity index (χ2n) is 6.25. The summed E-state index contributed by atoms with van der Waals surface area (Å²) in [6.45, 7) is 13.3. The Morgan fingerprint density at radius 3 is 1.27 bits per heavy atom. The van der Waals surface area contributed by atoms with Gasteiger partial charge in [0.05, 0.1) is 0 Å². The average Bonchev–Trinajstić information content (AvgIpc) is 3.13. The average molecular weight is 459 g/mol. The Hall–Kier alpha value is -0.340. The van der Waals surface area contributed by atoms with Gasteiger partial charge in [-0.1, -0.05) is 79.3 Å². The van der Waals surface area contributed by atoms with E-state index in [2.05, 4.69) is 77.2 Å². The van der Waals surface area contributed by atoms with E-state index in [0.29, 0.717) is 0 Å². The van der Waals surface area contributed by atoms with E-state index in [1.807, 2.05) is 0 Å².